The summed E-state index contributed by atoms with van der Waals surface area (Å²) in [5.41, 5.74) is 0.228. The molecule has 4 saturated carbocycles. The fourth-order valence-electron chi connectivity index (χ4n) is 15.2. The summed E-state index contributed by atoms with van der Waals surface area (Å²) in [5.74, 6) is -1.06. The number of carbonyl (C=O) groups is 1. The van der Waals surface area contributed by atoms with Crippen LogP contribution < -0.4 is 0 Å². The molecule has 0 amide bonds. The van der Waals surface area contributed by atoms with Crippen LogP contribution in [0.2, 0.25) is 0 Å². The lowest BCUT2D eigenvalue weighted by Crippen LogP contribution is -2.68. The average molecular weight is 944 g/mol. The molecule has 3 saturated heterocycles. The molecule has 0 aromatic heterocycles. The first-order chi connectivity index (χ1) is 30.7. The summed E-state index contributed by atoms with van der Waals surface area (Å²) in [4.78, 5) is 12.5. The Kier molecular flexibility index (Phi) is 13.7. The van der Waals surface area contributed by atoms with Gasteiger partial charge in [-0.05, 0) is 97.7 Å². The monoisotopic (exact) mass is 944 g/mol. The second-order valence-corrected chi connectivity index (χ2v) is 23.6. The smallest absolute Gasteiger partial charge is 0.335 e. The lowest BCUT2D eigenvalue weighted by molar-refractivity contribution is -0.396. The first-order valence-corrected chi connectivity index (χ1v) is 24.3. The first-order valence-electron chi connectivity index (χ1n) is 24.3. The molecule has 3 aliphatic heterocycles. The van der Waals surface area contributed by atoms with E-state index in [9.17, 15) is 61.0 Å². The number of carboxylic acid groups (broad SMARTS) is 1. The summed E-state index contributed by atoms with van der Waals surface area (Å²) < 4.78 is 36.2. The van der Waals surface area contributed by atoms with E-state index in [-0.39, 0.29) is 51.6 Å². The third kappa shape index (κ3) is 7.78. The van der Waals surface area contributed by atoms with Crippen LogP contribution in [0.25, 0.3) is 0 Å². The van der Waals surface area contributed by atoms with Gasteiger partial charge in [0.15, 0.2) is 31.1 Å². The SMILES string of the molecule is CC1OC(OC2C(OC3C(OC4CCC5(C)C(CCC6(C)C5CC=C5C7CC(C)(C)CC([OH2+])C7(C)CCC56C)C4(C)CO)OC(C(=O)O)C(O)C3O)OC(CO)C(O)C2O)C(O)C(O)C1O. The maximum absolute atomic E-state index is 12.5. The number of aliphatic hydroxyl groups excluding tert-OH is 9. The molecule has 8 aliphatic rings. The number of hydrogen-bond donors (Lipinski definition) is 10. The Bertz CT molecular complexity index is 1820. The maximum Gasteiger partial charge on any atom is 0.335 e. The zero-order valence-corrected chi connectivity index (χ0v) is 39.7. The number of aliphatic carboxylic acids is 1. The van der Waals surface area contributed by atoms with Crippen LogP contribution in [0, 0.1) is 50.2 Å². The van der Waals surface area contributed by atoms with Crippen molar-refractivity contribution >= 4 is 5.97 Å². The topological polar surface area (TPSA) is 298 Å². The van der Waals surface area contributed by atoms with E-state index in [1.54, 1.807) is 0 Å². The van der Waals surface area contributed by atoms with Gasteiger partial charge in [0.1, 0.15) is 61.0 Å². The van der Waals surface area contributed by atoms with Crippen molar-refractivity contribution in [1.29, 1.82) is 0 Å². The quantitative estimate of drug-likeness (QED) is 0.0852. The number of rotatable bonds is 9. The maximum atomic E-state index is 12.5. The van der Waals surface area contributed by atoms with E-state index in [1.165, 1.54) is 12.5 Å². The van der Waals surface area contributed by atoms with Gasteiger partial charge >= 0.3 is 5.97 Å². The van der Waals surface area contributed by atoms with Gasteiger partial charge < -0.3 is 84.6 Å². The van der Waals surface area contributed by atoms with Gasteiger partial charge in [0, 0.05) is 17.3 Å². The highest BCUT2D eigenvalue weighted by atomic mass is 16.8. The van der Waals surface area contributed by atoms with E-state index in [0.29, 0.717) is 18.8 Å². The van der Waals surface area contributed by atoms with Crippen LogP contribution >= 0.6 is 0 Å². The number of aliphatic hydroxyl groups is 9. The molecule has 0 bridgehead atoms. The van der Waals surface area contributed by atoms with Gasteiger partial charge in [-0.1, -0.05) is 60.1 Å². The van der Waals surface area contributed by atoms with Crippen molar-refractivity contribution in [3.05, 3.63) is 11.6 Å². The molecular formula is C48H79O18+. The van der Waals surface area contributed by atoms with Crippen molar-refractivity contribution in [3.63, 3.8) is 0 Å². The standard InChI is InChI=1S/C48H78O18/c1-21-29(52)31(54)35(58)40(61-21)65-37-32(55)30(53)24(19-49)62-41(37)66-38-34(57)33(56)36(39(59)60)64-42(38)63-28-12-13-45(5)25(46(28,6)20-50)11-14-48(8)26(45)10-9-22-23-17-43(2,3)18-27(51)44(23,4)15-16-47(22,48)7/h9,21,23-38,40-42,49-58H,10-20H2,1-8H3,(H,59,60)/p+1. The highest BCUT2D eigenvalue weighted by Crippen LogP contribution is 2.76. The zero-order chi connectivity index (χ0) is 48.4. The van der Waals surface area contributed by atoms with Crippen LogP contribution in [0.15, 0.2) is 11.6 Å². The molecule has 25 atom stereocenters. The Labute approximate surface area is 387 Å². The molecule has 0 spiro atoms. The normalized spacial score (nSPS) is 55.9. The fourth-order valence-corrected chi connectivity index (χ4v) is 15.2. The Morgan fingerprint density at radius 1 is 0.697 bits per heavy atom. The molecular weight excluding hydrogens is 865 g/mol. The van der Waals surface area contributed by atoms with Crippen LogP contribution in [0.3, 0.4) is 0 Å². The van der Waals surface area contributed by atoms with Gasteiger partial charge in [-0.15, -0.1) is 0 Å². The fraction of sp³-hybridized carbons (Fsp3) is 0.938. The minimum Gasteiger partial charge on any atom is -0.479 e. The Morgan fingerprint density at radius 3 is 1.97 bits per heavy atom. The second-order valence-electron chi connectivity index (χ2n) is 23.6. The van der Waals surface area contributed by atoms with E-state index in [1.807, 2.05) is 6.92 Å². The summed E-state index contributed by atoms with van der Waals surface area (Å²) in [6.07, 6.45) is -16.9. The van der Waals surface area contributed by atoms with Crippen LogP contribution in [-0.4, -0.2) is 180 Å². The lowest BCUT2D eigenvalue weighted by Gasteiger charge is -2.71. The van der Waals surface area contributed by atoms with Crippen molar-refractivity contribution in [2.24, 2.45) is 50.2 Å². The number of hydrogen-bond acceptors (Lipinski definition) is 16. The third-order valence-electron chi connectivity index (χ3n) is 19.5. The Morgan fingerprint density at radius 2 is 1.33 bits per heavy atom. The molecule has 12 N–H and O–H groups in total. The van der Waals surface area contributed by atoms with E-state index in [2.05, 4.69) is 47.6 Å². The summed E-state index contributed by atoms with van der Waals surface area (Å²) >= 11 is 0. The summed E-state index contributed by atoms with van der Waals surface area (Å²) in [6.45, 7) is 16.5. The van der Waals surface area contributed by atoms with E-state index < -0.39 is 116 Å². The summed E-state index contributed by atoms with van der Waals surface area (Å²) in [6, 6.07) is 0. The molecule has 7 fully saturated rings. The van der Waals surface area contributed by atoms with E-state index >= 15 is 0 Å². The molecule has 3 heterocycles. The van der Waals surface area contributed by atoms with Crippen molar-refractivity contribution < 1.29 is 89.4 Å². The van der Waals surface area contributed by atoms with Gasteiger partial charge in [0.2, 0.25) is 0 Å². The minimum absolute atomic E-state index is 0.0645. The van der Waals surface area contributed by atoms with Crippen LogP contribution in [0.5, 0.6) is 0 Å². The minimum atomic E-state index is -2.06. The molecule has 0 radical (unpaired) electrons. The number of allylic oxidation sites excluding steroid dienone is 2. The van der Waals surface area contributed by atoms with Crippen molar-refractivity contribution in [1.82, 2.24) is 0 Å². The molecule has 25 unspecified atom stereocenters. The van der Waals surface area contributed by atoms with E-state index in [4.69, 9.17) is 28.4 Å². The van der Waals surface area contributed by atoms with Crippen molar-refractivity contribution in [3.8, 4) is 0 Å². The molecule has 0 aromatic rings. The van der Waals surface area contributed by atoms with Gasteiger partial charge in [-0.25, -0.2) is 4.79 Å². The molecule has 18 nitrogen and oxygen atoms in total. The van der Waals surface area contributed by atoms with Crippen molar-refractivity contribution in [2.75, 3.05) is 13.2 Å². The van der Waals surface area contributed by atoms with Crippen LogP contribution in [0.1, 0.15) is 113 Å². The number of carboxylic acids is 1. The zero-order valence-electron chi connectivity index (χ0n) is 39.7. The van der Waals surface area contributed by atoms with Gasteiger partial charge in [-0.3, -0.25) is 0 Å². The lowest BCUT2D eigenvalue weighted by atomic mass is 9.33. The van der Waals surface area contributed by atoms with E-state index in [0.717, 1.165) is 44.9 Å². The largest absolute Gasteiger partial charge is 0.479 e. The number of fused-ring (bicyclic) bond motifs is 7. The summed E-state index contributed by atoms with van der Waals surface area (Å²) in [7, 11) is 0. The molecule has 378 valence electrons. The first kappa shape index (κ1) is 50.9. The number of ether oxygens (including phenoxy) is 6. The summed E-state index contributed by atoms with van der Waals surface area (Å²) in [5, 5.41) is 118. The third-order valence-corrected chi connectivity index (χ3v) is 19.5. The van der Waals surface area contributed by atoms with Crippen molar-refractivity contribution in [2.45, 2.75) is 218 Å². The predicted molar refractivity (Wildman–Crippen MR) is 232 cm³/mol. The molecule has 8 rings (SSSR count). The molecule has 5 aliphatic carbocycles. The van der Waals surface area contributed by atoms with Crippen LogP contribution in [-0.2, 0) is 33.2 Å². The van der Waals surface area contributed by atoms with Gasteiger partial charge in [-0.2, -0.15) is 0 Å². The second kappa shape index (κ2) is 17.7. The van der Waals surface area contributed by atoms with Gasteiger partial charge in [0.25, 0.3) is 0 Å². The van der Waals surface area contributed by atoms with Gasteiger partial charge in [0.05, 0.1) is 25.4 Å². The Hall–Kier alpha value is -1.43. The molecule has 0 aromatic carbocycles. The van der Waals surface area contributed by atoms with Crippen LogP contribution in [0.4, 0.5) is 0 Å². The molecule has 18 heteroatoms. The molecule has 66 heavy (non-hydrogen) atoms. The highest BCUT2D eigenvalue weighted by molar-refractivity contribution is 5.73. The predicted octanol–water partition coefficient (Wildman–Crippen LogP) is 0.437. The average Bonchev–Trinajstić information content (AvgIpc) is 3.25. The highest BCUT2D eigenvalue weighted by Gasteiger charge is 2.70. The Balaban J connectivity index is 1.08.